The third-order valence-electron chi connectivity index (χ3n) is 3.41. The van der Waals surface area contributed by atoms with Gasteiger partial charge in [0.05, 0.1) is 5.69 Å². The molecule has 1 saturated heterocycles. The molecule has 0 bridgehead atoms. The van der Waals surface area contributed by atoms with Crippen molar-refractivity contribution in [1.82, 2.24) is 25.5 Å². The van der Waals surface area contributed by atoms with E-state index in [1.165, 1.54) is 12.8 Å². The van der Waals surface area contributed by atoms with Crippen molar-refractivity contribution in [2.24, 2.45) is 0 Å². The largest absolute Gasteiger partial charge is 0.353 e. The van der Waals surface area contributed by atoms with Crippen molar-refractivity contribution < 1.29 is 0 Å². The molecule has 1 aromatic heterocycles. The van der Waals surface area contributed by atoms with Crippen LogP contribution in [0.3, 0.4) is 0 Å². The lowest BCUT2D eigenvalue weighted by Crippen LogP contribution is -2.24. The molecule has 0 spiro atoms. The Morgan fingerprint density at radius 3 is 3.00 bits per heavy atom. The summed E-state index contributed by atoms with van der Waals surface area (Å²) >= 11 is 0. The van der Waals surface area contributed by atoms with Crippen LogP contribution in [0.15, 0.2) is 30.3 Å². The molecule has 2 heterocycles. The summed E-state index contributed by atoms with van der Waals surface area (Å²) in [5.41, 5.74) is 0.967. The van der Waals surface area contributed by atoms with Crippen LogP contribution in [0.2, 0.25) is 0 Å². The fourth-order valence-electron chi connectivity index (χ4n) is 2.40. The van der Waals surface area contributed by atoms with Crippen LogP contribution in [0.1, 0.15) is 19.3 Å². The van der Waals surface area contributed by atoms with Gasteiger partial charge in [0, 0.05) is 12.6 Å². The summed E-state index contributed by atoms with van der Waals surface area (Å²) in [7, 11) is 0. The van der Waals surface area contributed by atoms with E-state index in [4.69, 9.17) is 0 Å². The van der Waals surface area contributed by atoms with E-state index >= 15 is 0 Å². The highest BCUT2D eigenvalue weighted by Gasteiger charge is 2.14. The van der Waals surface area contributed by atoms with Crippen LogP contribution in [-0.4, -0.2) is 39.3 Å². The van der Waals surface area contributed by atoms with E-state index in [-0.39, 0.29) is 0 Å². The van der Waals surface area contributed by atoms with Gasteiger partial charge in [-0.25, -0.2) is 0 Å². The van der Waals surface area contributed by atoms with Gasteiger partial charge in [0.2, 0.25) is 5.95 Å². The van der Waals surface area contributed by atoms with E-state index in [1.54, 1.807) is 4.68 Å². The molecule has 1 atom stereocenters. The van der Waals surface area contributed by atoms with E-state index in [1.807, 2.05) is 30.3 Å². The summed E-state index contributed by atoms with van der Waals surface area (Å²) in [6, 6.07) is 10.5. The van der Waals surface area contributed by atoms with Crippen molar-refractivity contribution >= 4 is 5.95 Å². The number of tetrazole rings is 1. The molecule has 1 aromatic carbocycles. The minimum atomic E-state index is 0.633. The van der Waals surface area contributed by atoms with Gasteiger partial charge >= 0.3 is 0 Å². The van der Waals surface area contributed by atoms with Gasteiger partial charge in [0.25, 0.3) is 0 Å². The van der Waals surface area contributed by atoms with Crippen molar-refractivity contribution in [3.05, 3.63) is 30.3 Å². The smallest absolute Gasteiger partial charge is 0.247 e. The molecular weight excluding hydrogens is 240 g/mol. The van der Waals surface area contributed by atoms with Crippen LogP contribution in [0, 0.1) is 0 Å². The number of hydrogen-bond acceptors (Lipinski definition) is 5. The summed E-state index contributed by atoms with van der Waals surface area (Å²) in [6.07, 6.45) is 3.65. The molecule has 0 aliphatic carbocycles. The maximum absolute atomic E-state index is 4.03. The number of benzene rings is 1. The predicted molar refractivity (Wildman–Crippen MR) is 73.3 cm³/mol. The molecule has 100 valence electrons. The molecule has 0 amide bonds. The monoisotopic (exact) mass is 258 g/mol. The van der Waals surface area contributed by atoms with Gasteiger partial charge in [0.1, 0.15) is 0 Å². The van der Waals surface area contributed by atoms with Gasteiger partial charge in [-0.05, 0) is 48.4 Å². The van der Waals surface area contributed by atoms with Crippen LogP contribution in [0.4, 0.5) is 5.95 Å². The second-order valence-electron chi connectivity index (χ2n) is 4.76. The number of hydrogen-bond donors (Lipinski definition) is 2. The summed E-state index contributed by atoms with van der Waals surface area (Å²) < 4.78 is 1.72. The number of rotatable bonds is 5. The zero-order valence-corrected chi connectivity index (χ0v) is 10.8. The predicted octanol–water partition coefficient (Wildman–Crippen LogP) is 1.22. The number of nitrogens with one attached hydrogen (secondary N) is 2. The maximum Gasteiger partial charge on any atom is 0.247 e. The van der Waals surface area contributed by atoms with E-state index in [0.717, 1.165) is 25.2 Å². The van der Waals surface area contributed by atoms with E-state index in [9.17, 15) is 0 Å². The zero-order valence-electron chi connectivity index (χ0n) is 10.8. The average molecular weight is 258 g/mol. The van der Waals surface area contributed by atoms with Crippen LogP contribution in [-0.2, 0) is 0 Å². The van der Waals surface area contributed by atoms with Gasteiger partial charge < -0.3 is 10.6 Å². The summed E-state index contributed by atoms with van der Waals surface area (Å²) in [5.74, 6) is 0.698. The molecule has 1 unspecified atom stereocenters. The number of para-hydroxylation sites is 1. The highest BCUT2D eigenvalue weighted by molar-refractivity contribution is 5.38. The lowest BCUT2D eigenvalue weighted by Gasteiger charge is -2.11. The maximum atomic E-state index is 4.03. The Balaban J connectivity index is 1.61. The Hall–Kier alpha value is -1.95. The number of anilines is 1. The molecule has 2 N–H and O–H groups in total. The lowest BCUT2D eigenvalue weighted by molar-refractivity contribution is 0.573. The van der Waals surface area contributed by atoms with E-state index < -0.39 is 0 Å². The van der Waals surface area contributed by atoms with Crippen LogP contribution < -0.4 is 10.6 Å². The quantitative estimate of drug-likeness (QED) is 0.844. The normalized spacial score (nSPS) is 18.6. The second kappa shape index (κ2) is 5.79. The van der Waals surface area contributed by atoms with Crippen LogP contribution >= 0.6 is 0 Å². The zero-order chi connectivity index (χ0) is 12.9. The molecule has 6 nitrogen and oxygen atoms in total. The first-order valence-corrected chi connectivity index (χ1v) is 6.74. The minimum absolute atomic E-state index is 0.633. The van der Waals surface area contributed by atoms with Crippen LogP contribution in [0.25, 0.3) is 5.69 Å². The molecule has 6 heteroatoms. The first-order valence-electron chi connectivity index (χ1n) is 6.74. The third kappa shape index (κ3) is 2.90. The molecule has 1 aliphatic rings. The molecule has 0 radical (unpaired) electrons. The number of nitrogens with zero attached hydrogens (tertiary/aromatic N) is 4. The fourth-order valence-corrected chi connectivity index (χ4v) is 2.40. The highest BCUT2D eigenvalue weighted by atomic mass is 15.6. The fraction of sp³-hybridized carbons (Fsp3) is 0.462. The van der Waals surface area contributed by atoms with Gasteiger partial charge in [-0.1, -0.05) is 23.3 Å². The minimum Gasteiger partial charge on any atom is -0.353 e. The molecule has 2 aromatic rings. The second-order valence-corrected chi connectivity index (χ2v) is 4.76. The van der Waals surface area contributed by atoms with Crippen LogP contribution in [0.5, 0.6) is 0 Å². The van der Waals surface area contributed by atoms with Crippen molar-refractivity contribution in [2.75, 3.05) is 18.4 Å². The van der Waals surface area contributed by atoms with Crippen molar-refractivity contribution in [2.45, 2.75) is 25.3 Å². The first kappa shape index (κ1) is 12.1. The van der Waals surface area contributed by atoms with Crippen molar-refractivity contribution in [3.8, 4) is 5.69 Å². The van der Waals surface area contributed by atoms with E-state index in [2.05, 4.69) is 26.2 Å². The summed E-state index contributed by atoms with van der Waals surface area (Å²) in [4.78, 5) is 0. The van der Waals surface area contributed by atoms with Crippen molar-refractivity contribution in [1.29, 1.82) is 0 Å². The number of aromatic nitrogens is 4. The van der Waals surface area contributed by atoms with Gasteiger partial charge in [-0.2, -0.15) is 4.68 Å². The Morgan fingerprint density at radius 2 is 2.21 bits per heavy atom. The SMILES string of the molecule is c1ccc(-n2nnnc2NCCC2CCCN2)cc1. The van der Waals surface area contributed by atoms with Gasteiger partial charge in [-0.15, -0.1) is 0 Å². The molecule has 1 aliphatic heterocycles. The Kier molecular flexibility index (Phi) is 3.69. The highest BCUT2D eigenvalue weighted by Crippen LogP contribution is 2.12. The Labute approximate surface area is 112 Å². The molecule has 0 saturated carbocycles. The summed E-state index contributed by atoms with van der Waals surface area (Å²) in [6.45, 7) is 2.03. The molecule has 1 fully saturated rings. The van der Waals surface area contributed by atoms with Crippen molar-refractivity contribution in [3.63, 3.8) is 0 Å². The standard InChI is InChI=1S/C13H18N6/c1-2-6-12(7-3-1)19-13(16-17-18-19)15-10-8-11-5-4-9-14-11/h1-3,6-7,11,14H,4-5,8-10H2,(H,15,16,18). The third-order valence-corrected chi connectivity index (χ3v) is 3.41. The summed E-state index contributed by atoms with van der Waals surface area (Å²) in [5, 5.41) is 18.6. The topological polar surface area (TPSA) is 67.7 Å². The average Bonchev–Trinajstić information content (AvgIpc) is 3.11. The van der Waals surface area contributed by atoms with Gasteiger partial charge in [0.15, 0.2) is 0 Å². The first-order chi connectivity index (χ1) is 9.43. The van der Waals surface area contributed by atoms with Gasteiger partial charge in [-0.3, -0.25) is 0 Å². The van der Waals surface area contributed by atoms with E-state index in [0.29, 0.717) is 12.0 Å². The Morgan fingerprint density at radius 1 is 1.32 bits per heavy atom. The lowest BCUT2D eigenvalue weighted by atomic mass is 10.1. The molecule has 3 rings (SSSR count). The molecule has 19 heavy (non-hydrogen) atoms. The Bertz CT molecular complexity index is 503. The molecular formula is C13H18N6.